The highest BCUT2D eigenvalue weighted by molar-refractivity contribution is 6.01. The van der Waals surface area contributed by atoms with Crippen molar-refractivity contribution in [2.75, 3.05) is 6.54 Å². The van der Waals surface area contributed by atoms with Crippen LogP contribution in [-0.4, -0.2) is 38.1 Å². The summed E-state index contributed by atoms with van der Waals surface area (Å²) in [6, 6.07) is 10.5. The summed E-state index contributed by atoms with van der Waals surface area (Å²) in [5, 5.41) is 13.6. The van der Waals surface area contributed by atoms with Crippen LogP contribution in [0.15, 0.2) is 47.5 Å². The van der Waals surface area contributed by atoms with Crippen molar-refractivity contribution in [1.82, 2.24) is 19.9 Å². The average Bonchev–Trinajstić information content (AvgIpc) is 3.01. The molecular weight excluding hydrogens is 336 g/mol. The number of aromatic nitrogens is 3. The number of hydrogen-bond acceptors (Lipinski definition) is 4. The summed E-state index contributed by atoms with van der Waals surface area (Å²) in [6.07, 6.45) is 1.36. The Bertz CT molecular complexity index is 949. The van der Waals surface area contributed by atoms with Gasteiger partial charge in [-0.1, -0.05) is 30.3 Å². The number of nitrogens with one attached hydrogen (secondary N) is 2. The van der Waals surface area contributed by atoms with E-state index in [1.807, 2.05) is 30.3 Å². The lowest BCUT2D eigenvalue weighted by Gasteiger charge is -2.08. The number of rotatable bonds is 4. The van der Waals surface area contributed by atoms with Gasteiger partial charge in [-0.15, -0.1) is 12.4 Å². The van der Waals surface area contributed by atoms with E-state index in [1.165, 1.54) is 16.9 Å². The summed E-state index contributed by atoms with van der Waals surface area (Å²) in [5.74, 6) is -1.97. The lowest BCUT2D eigenvalue weighted by molar-refractivity contribution is -0.135. The molecule has 0 bridgehead atoms. The Kier molecular flexibility index (Phi) is 5.00. The molecule has 24 heavy (non-hydrogen) atoms. The first-order valence-electron chi connectivity index (χ1n) is 6.72. The van der Waals surface area contributed by atoms with E-state index in [2.05, 4.69) is 15.4 Å². The minimum Gasteiger partial charge on any atom is -0.480 e. The molecule has 0 aliphatic carbocycles. The largest absolute Gasteiger partial charge is 0.480 e. The van der Waals surface area contributed by atoms with E-state index in [0.29, 0.717) is 5.69 Å². The standard InChI is InChI=1S/C15H12N4O4.ClH/c20-11-6-10(9-4-2-1-3-5-9)19-14(17-8-18-19)13(11)15(23)16-7-12(21)22;/h1-6,8H,7H2,(H,16,23)(H,17,18)(H,21,22);1H. The zero-order valence-corrected chi connectivity index (χ0v) is 13.0. The van der Waals surface area contributed by atoms with Crippen molar-refractivity contribution in [2.45, 2.75) is 0 Å². The summed E-state index contributed by atoms with van der Waals surface area (Å²) in [4.78, 5) is 39.0. The summed E-state index contributed by atoms with van der Waals surface area (Å²) < 4.78 is 1.51. The number of aliphatic carboxylic acids is 1. The van der Waals surface area contributed by atoms with Crippen LogP contribution in [0, 0.1) is 0 Å². The van der Waals surface area contributed by atoms with E-state index in [1.54, 1.807) is 0 Å². The molecular formula is C15H13ClN4O4. The maximum absolute atomic E-state index is 12.3. The molecule has 9 heteroatoms. The fourth-order valence-corrected chi connectivity index (χ4v) is 2.28. The second-order valence-corrected chi connectivity index (χ2v) is 4.76. The number of amides is 1. The highest BCUT2D eigenvalue weighted by Crippen LogP contribution is 2.19. The number of fused-ring (bicyclic) bond motifs is 1. The summed E-state index contributed by atoms with van der Waals surface area (Å²) in [6.45, 7) is -0.574. The Hall–Kier alpha value is -3.13. The number of pyridine rings is 1. The normalized spacial score (nSPS) is 10.2. The monoisotopic (exact) mass is 348 g/mol. The molecule has 0 saturated carbocycles. The number of H-pyrrole nitrogens is 1. The van der Waals surface area contributed by atoms with Gasteiger partial charge in [0.1, 0.15) is 18.4 Å². The van der Waals surface area contributed by atoms with Crippen LogP contribution in [0.25, 0.3) is 16.9 Å². The molecule has 2 aromatic heterocycles. The Morgan fingerprint density at radius 3 is 2.62 bits per heavy atom. The zero-order valence-electron chi connectivity index (χ0n) is 12.2. The third kappa shape index (κ3) is 3.13. The SMILES string of the molecule is Cl.O=C(O)CNC(=O)c1c(=O)cc(-c2ccccc2)n2[nH]cnc12. The quantitative estimate of drug-likeness (QED) is 0.648. The predicted octanol–water partition coefficient (Wildman–Crippen LogP) is 0.926. The number of nitrogens with zero attached hydrogens (tertiary/aromatic N) is 2. The average molecular weight is 349 g/mol. The van der Waals surface area contributed by atoms with Crippen LogP contribution >= 0.6 is 12.4 Å². The van der Waals surface area contributed by atoms with Gasteiger partial charge in [-0.2, -0.15) is 0 Å². The first-order valence-corrected chi connectivity index (χ1v) is 6.72. The number of carboxylic acids is 1. The van der Waals surface area contributed by atoms with Gasteiger partial charge in [-0.05, 0) is 0 Å². The van der Waals surface area contributed by atoms with E-state index in [0.717, 1.165) is 5.56 Å². The minimum absolute atomic E-state index is 0. The third-order valence-electron chi connectivity index (χ3n) is 3.26. The summed E-state index contributed by atoms with van der Waals surface area (Å²) in [7, 11) is 0. The molecule has 1 aromatic carbocycles. The van der Waals surface area contributed by atoms with Crippen molar-refractivity contribution < 1.29 is 14.7 Å². The summed E-state index contributed by atoms with van der Waals surface area (Å²) in [5.41, 5.74) is 0.740. The molecule has 124 valence electrons. The molecule has 3 rings (SSSR count). The smallest absolute Gasteiger partial charge is 0.322 e. The highest BCUT2D eigenvalue weighted by atomic mass is 35.5. The molecule has 0 unspecified atom stereocenters. The van der Waals surface area contributed by atoms with E-state index in [9.17, 15) is 14.4 Å². The van der Waals surface area contributed by atoms with Gasteiger partial charge in [0.2, 0.25) is 0 Å². The maximum Gasteiger partial charge on any atom is 0.322 e. The van der Waals surface area contributed by atoms with Crippen molar-refractivity contribution in [3.05, 3.63) is 58.5 Å². The summed E-state index contributed by atoms with van der Waals surface area (Å²) >= 11 is 0. The second-order valence-electron chi connectivity index (χ2n) is 4.76. The van der Waals surface area contributed by atoms with E-state index >= 15 is 0 Å². The molecule has 1 amide bonds. The maximum atomic E-state index is 12.3. The Morgan fingerprint density at radius 2 is 1.96 bits per heavy atom. The van der Waals surface area contributed by atoms with Gasteiger partial charge in [-0.3, -0.25) is 19.5 Å². The fraction of sp³-hybridized carbons (Fsp3) is 0.0667. The first kappa shape index (κ1) is 17.2. The van der Waals surface area contributed by atoms with Gasteiger partial charge in [0.05, 0.1) is 5.69 Å². The number of carbonyl (C=O) groups excluding carboxylic acids is 1. The van der Waals surface area contributed by atoms with Crippen molar-refractivity contribution in [2.24, 2.45) is 0 Å². The zero-order chi connectivity index (χ0) is 16.4. The van der Waals surface area contributed by atoms with Gasteiger partial charge in [-0.25, -0.2) is 9.50 Å². The molecule has 8 nitrogen and oxygen atoms in total. The Balaban J connectivity index is 0.00000208. The van der Waals surface area contributed by atoms with E-state index in [-0.39, 0.29) is 23.6 Å². The van der Waals surface area contributed by atoms with Gasteiger partial charge in [0.25, 0.3) is 5.91 Å². The van der Waals surface area contributed by atoms with Gasteiger partial charge < -0.3 is 10.4 Å². The van der Waals surface area contributed by atoms with Crippen molar-refractivity contribution in [3.8, 4) is 11.3 Å². The number of benzene rings is 1. The molecule has 0 aliphatic heterocycles. The highest BCUT2D eigenvalue weighted by Gasteiger charge is 2.19. The Morgan fingerprint density at radius 1 is 1.25 bits per heavy atom. The van der Waals surface area contributed by atoms with Crippen molar-refractivity contribution in [1.29, 1.82) is 0 Å². The van der Waals surface area contributed by atoms with Crippen LogP contribution in [0.4, 0.5) is 0 Å². The Labute approximate surface area is 141 Å². The van der Waals surface area contributed by atoms with E-state index in [4.69, 9.17) is 5.11 Å². The first-order chi connectivity index (χ1) is 11.1. The lowest BCUT2D eigenvalue weighted by atomic mass is 10.1. The third-order valence-corrected chi connectivity index (χ3v) is 3.26. The molecule has 0 spiro atoms. The molecule has 2 heterocycles. The lowest BCUT2D eigenvalue weighted by Crippen LogP contribution is -2.33. The topological polar surface area (TPSA) is 117 Å². The molecule has 0 saturated heterocycles. The molecule has 3 N–H and O–H groups in total. The number of aromatic amines is 1. The minimum atomic E-state index is -1.20. The van der Waals surface area contributed by atoms with Crippen LogP contribution in [0.5, 0.6) is 0 Å². The number of carboxylic acid groups (broad SMARTS) is 1. The van der Waals surface area contributed by atoms with Crippen LogP contribution in [-0.2, 0) is 4.79 Å². The van der Waals surface area contributed by atoms with Crippen LogP contribution in [0.1, 0.15) is 10.4 Å². The van der Waals surface area contributed by atoms with Crippen LogP contribution < -0.4 is 10.7 Å². The fourth-order valence-electron chi connectivity index (χ4n) is 2.28. The molecule has 0 radical (unpaired) electrons. The van der Waals surface area contributed by atoms with Gasteiger partial charge >= 0.3 is 5.97 Å². The second kappa shape index (κ2) is 6.97. The number of hydrogen-bond donors (Lipinski definition) is 3. The number of halogens is 1. The predicted molar refractivity (Wildman–Crippen MR) is 88.5 cm³/mol. The van der Waals surface area contributed by atoms with Gasteiger partial charge in [0.15, 0.2) is 11.1 Å². The molecule has 0 fully saturated rings. The van der Waals surface area contributed by atoms with Gasteiger partial charge in [0, 0.05) is 11.6 Å². The van der Waals surface area contributed by atoms with Crippen LogP contribution in [0.3, 0.4) is 0 Å². The molecule has 3 aromatic rings. The van der Waals surface area contributed by atoms with Crippen molar-refractivity contribution >= 4 is 29.9 Å². The molecule has 0 aliphatic rings. The molecule has 0 atom stereocenters. The number of carbonyl (C=O) groups is 2. The van der Waals surface area contributed by atoms with Crippen LogP contribution in [0.2, 0.25) is 0 Å². The van der Waals surface area contributed by atoms with Crippen molar-refractivity contribution in [3.63, 3.8) is 0 Å². The van der Waals surface area contributed by atoms with E-state index < -0.39 is 23.9 Å².